The van der Waals surface area contributed by atoms with Crippen molar-refractivity contribution in [3.8, 4) is 0 Å². The molecule has 2 heterocycles. The maximum atomic E-state index is 13.3. The van der Waals surface area contributed by atoms with Crippen molar-refractivity contribution in [2.45, 2.75) is 32.7 Å². The second kappa shape index (κ2) is 7.51. The van der Waals surface area contributed by atoms with E-state index >= 15 is 0 Å². The van der Waals surface area contributed by atoms with Crippen LogP contribution in [0.5, 0.6) is 0 Å². The lowest BCUT2D eigenvalue weighted by atomic mass is 10.0. The number of carbonyl (C=O) groups is 1. The molecule has 0 fully saturated rings. The van der Waals surface area contributed by atoms with Crippen LogP contribution in [0, 0.1) is 13.8 Å². The van der Waals surface area contributed by atoms with E-state index in [2.05, 4.69) is 10.4 Å². The molecule has 1 aliphatic rings. The summed E-state index contributed by atoms with van der Waals surface area (Å²) in [5, 5.41) is 7.68. The molecule has 156 valence electrons. The van der Waals surface area contributed by atoms with Crippen LogP contribution in [0.1, 0.15) is 39.0 Å². The Bertz CT molecular complexity index is 1080. The van der Waals surface area contributed by atoms with E-state index in [0.29, 0.717) is 29.2 Å². The Labute approximate surface area is 172 Å². The molecule has 30 heavy (non-hydrogen) atoms. The molecule has 8 heteroatoms. The van der Waals surface area contributed by atoms with E-state index in [4.69, 9.17) is 0 Å². The van der Waals surface area contributed by atoms with Crippen molar-refractivity contribution in [1.82, 2.24) is 14.7 Å². The first kappa shape index (κ1) is 20.0. The number of benzene rings is 2. The molecule has 0 unspecified atom stereocenters. The average molecular weight is 414 g/mol. The first-order valence-electron chi connectivity index (χ1n) is 9.56. The number of nitrogens with one attached hydrogen (secondary N) is 1. The Balaban J connectivity index is 1.76. The van der Waals surface area contributed by atoms with Gasteiger partial charge in [-0.2, -0.15) is 18.3 Å². The summed E-state index contributed by atoms with van der Waals surface area (Å²) in [6, 6.07) is 16.3. The summed E-state index contributed by atoms with van der Waals surface area (Å²) in [6.45, 7) is 2.71. The van der Waals surface area contributed by atoms with Crippen LogP contribution < -0.4 is 5.32 Å². The van der Waals surface area contributed by atoms with Crippen LogP contribution in [-0.2, 0) is 6.54 Å². The average Bonchev–Trinajstić information content (AvgIpc) is 2.97. The van der Waals surface area contributed by atoms with Crippen molar-refractivity contribution in [2.75, 3.05) is 11.9 Å². The summed E-state index contributed by atoms with van der Waals surface area (Å²) in [6.07, 6.45) is -5.48. The SMILES string of the molecule is Cc1nn(Cc2ccccc2)c(C)c1[C@@H]1Nc2ccccc2C(=O)N1CC(F)(F)F. The summed E-state index contributed by atoms with van der Waals surface area (Å²) in [5.74, 6) is -0.652. The summed E-state index contributed by atoms with van der Waals surface area (Å²) in [4.78, 5) is 13.8. The maximum Gasteiger partial charge on any atom is 0.406 e. The summed E-state index contributed by atoms with van der Waals surface area (Å²) >= 11 is 0. The van der Waals surface area contributed by atoms with Crippen molar-refractivity contribution in [1.29, 1.82) is 0 Å². The van der Waals surface area contributed by atoms with Gasteiger partial charge in [-0.25, -0.2) is 0 Å². The van der Waals surface area contributed by atoms with E-state index in [0.717, 1.165) is 10.5 Å². The van der Waals surface area contributed by atoms with Crippen LogP contribution in [0.3, 0.4) is 0 Å². The second-order valence-electron chi connectivity index (χ2n) is 7.37. The number of amides is 1. The van der Waals surface area contributed by atoms with E-state index in [1.165, 1.54) is 6.07 Å². The first-order chi connectivity index (χ1) is 14.2. The minimum atomic E-state index is -4.52. The van der Waals surface area contributed by atoms with E-state index in [1.54, 1.807) is 29.8 Å². The predicted molar refractivity (Wildman–Crippen MR) is 107 cm³/mol. The summed E-state index contributed by atoms with van der Waals surface area (Å²) in [5.41, 5.74) is 3.65. The molecule has 0 saturated carbocycles. The Hall–Kier alpha value is -3.29. The molecule has 0 bridgehead atoms. The number of aryl methyl sites for hydroxylation is 1. The first-order valence-corrected chi connectivity index (χ1v) is 9.56. The molecule has 1 amide bonds. The third-order valence-corrected chi connectivity index (χ3v) is 5.26. The van der Waals surface area contributed by atoms with Crippen LogP contribution in [0.2, 0.25) is 0 Å². The second-order valence-corrected chi connectivity index (χ2v) is 7.37. The van der Waals surface area contributed by atoms with Crippen molar-refractivity contribution in [3.63, 3.8) is 0 Å². The van der Waals surface area contributed by atoms with Crippen LogP contribution >= 0.6 is 0 Å². The fraction of sp³-hybridized carbons (Fsp3) is 0.273. The Morgan fingerprint density at radius 3 is 2.40 bits per heavy atom. The molecule has 1 atom stereocenters. The quantitative estimate of drug-likeness (QED) is 0.675. The van der Waals surface area contributed by atoms with Gasteiger partial charge in [0.1, 0.15) is 12.7 Å². The van der Waals surface area contributed by atoms with Gasteiger partial charge in [-0.15, -0.1) is 0 Å². The van der Waals surface area contributed by atoms with Gasteiger partial charge in [0.05, 0.1) is 17.8 Å². The van der Waals surface area contributed by atoms with Gasteiger partial charge in [0.15, 0.2) is 0 Å². The minimum Gasteiger partial charge on any atom is -0.361 e. The number of hydrogen-bond donors (Lipinski definition) is 1. The largest absolute Gasteiger partial charge is 0.406 e. The molecule has 1 aromatic heterocycles. The predicted octanol–water partition coefficient (Wildman–Crippen LogP) is 4.68. The minimum absolute atomic E-state index is 0.227. The highest BCUT2D eigenvalue weighted by molar-refractivity contribution is 6.01. The molecular weight excluding hydrogens is 393 g/mol. The van der Waals surface area contributed by atoms with Crippen molar-refractivity contribution in [3.05, 3.63) is 82.7 Å². The maximum absolute atomic E-state index is 13.3. The van der Waals surface area contributed by atoms with E-state index < -0.39 is 24.8 Å². The van der Waals surface area contributed by atoms with Crippen molar-refractivity contribution < 1.29 is 18.0 Å². The Morgan fingerprint density at radius 2 is 1.70 bits per heavy atom. The number of anilines is 1. The molecule has 3 aromatic rings. The lowest BCUT2D eigenvalue weighted by Gasteiger charge is -2.38. The zero-order valence-electron chi connectivity index (χ0n) is 16.6. The van der Waals surface area contributed by atoms with Gasteiger partial charge in [-0.1, -0.05) is 42.5 Å². The van der Waals surface area contributed by atoms with Crippen molar-refractivity contribution in [2.24, 2.45) is 0 Å². The van der Waals surface area contributed by atoms with Crippen LogP contribution in [-0.4, -0.2) is 33.3 Å². The number of carbonyl (C=O) groups excluding carboxylic acids is 1. The van der Waals surface area contributed by atoms with Crippen LogP contribution in [0.4, 0.5) is 18.9 Å². The summed E-state index contributed by atoms with van der Waals surface area (Å²) in [7, 11) is 0. The number of aromatic nitrogens is 2. The zero-order chi connectivity index (χ0) is 21.5. The van der Waals surface area contributed by atoms with Gasteiger partial charge in [-0.05, 0) is 31.5 Å². The van der Waals surface area contributed by atoms with Crippen LogP contribution in [0.15, 0.2) is 54.6 Å². The van der Waals surface area contributed by atoms with Crippen LogP contribution in [0.25, 0.3) is 0 Å². The standard InChI is InChI=1S/C22H21F3N4O/c1-14-19(15(2)29(27-14)12-16-8-4-3-5-9-16)20-26-18-11-7-6-10-17(18)21(30)28(20)13-22(23,24)25/h3-11,20,26H,12-13H2,1-2H3/t20-/m1/s1. The number of hydrogen-bond acceptors (Lipinski definition) is 3. The highest BCUT2D eigenvalue weighted by Crippen LogP contribution is 2.37. The highest BCUT2D eigenvalue weighted by Gasteiger charge is 2.42. The molecule has 1 N–H and O–H groups in total. The summed E-state index contributed by atoms with van der Waals surface area (Å²) < 4.78 is 41.8. The van der Waals surface area contributed by atoms with Gasteiger partial charge >= 0.3 is 6.18 Å². The normalized spacial score (nSPS) is 16.4. The molecule has 0 spiro atoms. The lowest BCUT2D eigenvalue weighted by Crippen LogP contribution is -2.47. The smallest absolute Gasteiger partial charge is 0.361 e. The fourth-order valence-corrected chi connectivity index (χ4v) is 3.89. The van der Waals surface area contributed by atoms with Crippen molar-refractivity contribution >= 4 is 11.6 Å². The fourth-order valence-electron chi connectivity index (χ4n) is 3.89. The topological polar surface area (TPSA) is 50.2 Å². The third kappa shape index (κ3) is 3.77. The molecule has 1 aliphatic heterocycles. The number of halogens is 3. The van der Waals surface area contributed by atoms with Gasteiger partial charge < -0.3 is 10.2 Å². The van der Waals surface area contributed by atoms with Gasteiger partial charge in [0.25, 0.3) is 5.91 Å². The molecular formula is C22H21F3N4O. The molecule has 0 aliphatic carbocycles. The van der Waals surface area contributed by atoms with E-state index in [1.807, 2.05) is 37.3 Å². The molecule has 5 nitrogen and oxygen atoms in total. The van der Waals surface area contributed by atoms with E-state index in [-0.39, 0.29) is 5.56 Å². The third-order valence-electron chi connectivity index (χ3n) is 5.26. The monoisotopic (exact) mass is 414 g/mol. The molecule has 0 radical (unpaired) electrons. The highest BCUT2D eigenvalue weighted by atomic mass is 19.4. The Kier molecular flexibility index (Phi) is 5.01. The molecule has 0 saturated heterocycles. The number of alkyl halides is 3. The number of para-hydroxylation sites is 1. The van der Waals surface area contributed by atoms with E-state index in [9.17, 15) is 18.0 Å². The number of rotatable bonds is 4. The van der Waals surface area contributed by atoms with Gasteiger partial charge in [0.2, 0.25) is 0 Å². The number of fused-ring (bicyclic) bond motifs is 1. The van der Waals surface area contributed by atoms with Gasteiger partial charge in [-0.3, -0.25) is 9.48 Å². The zero-order valence-corrected chi connectivity index (χ0v) is 16.6. The van der Waals surface area contributed by atoms with Gasteiger partial charge in [0, 0.05) is 16.9 Å². The lowest BCUT2D eigenvalue weighted by molar-refractivity contribution is -0.144. The Morgan fingerprint density at radius 1 is 1.03 bits per heavy atom. The number of nitrogens with zero attached hydrogens (tertiary/aromatic N) is 3. The molecule has 4 rings (SSSR count). The molecule has 2 aromatic carbocycles.